The van der Waals surface area contributed by atoms with E-state index in [1.165, 1.54) is 37.1 Å². The van der Waals surface area contributed by atoms with Gasteiger partial charge >= 0.3 is 5.97 Å². The molecule has 1 aromatic carbocycles. The third kappa shape index (κ3) is 5.95. The van der Waals surface area contributed by atoms with Gasteiger partial charge in [0.2, 0.25) is 5.88 Å². The Morgan fingerprint density at radius 2 is 2.00 bits per heavy atom. The van der Waals surface area contributed by atoms with E-state index in [0.717, 1.165) is 18.3 Å². The number of oxime groups is 1. The van der Waals surface area contributed by atoms with E-state index in [1.807, 2.05) is 26.0 Å². The first-order valence-electron chi connectivity index (χ1n) is 10.3. The lowest BCUT2D eigenvalue weighted by Crippen LogP contribution is -2.15. The molecule has 1 aliphatic rings. The molecule has 6 nitrogen and oxygen atoms in total. The highest BCUT2D eigenvalue weighted by Crippen LogP contribution is 2.32. The first kappa shape index (κ1) is 22.1. The van der Waals surface area contributed by atoms with Gasteiger partial charge in [0.15, 0.2) is 5.84 Å². The third-order valence-electron chi connectivity index (χ3n) is 5.19. The molecule has 1 fully saturated rings. The minimum atomic E-state index is -0.699. The number of carbonyl (C=O) groups is 1. The van der Waals surface area contributed by atoms with Crippen LogP contribution in [0.2, 0.25) is 5.02 Å². The number of halogens is 1. The fourth-order valence-electron chi connectivity index (χ4n) is 3.70. The molecule has 7 heteroatoms. The Morgan fingerprint density at radius 1 is 1.27 bits per heavy atom. The molecular weight excluding hydrogens is 402 g/mol. The summed E-state index contributed by atoms with van der Waals surface area (Å²) in [5.41, 5.74) is 8.12. The lowest BCUT2D eigenvalue weighted by Gasteiger charge is -2.10. The zero-order chi connectivity index (χ0) is 21.7. The summed E-state index contributed by atoms with van der Waals surface area (Å²) in [4.78, 5) is 21.2. The number of pyridine rings is 1. The molecule has 0 spiro atoms. The fraction of sp³-hybridized carbons (Fsp3) is 0.435. The lowest BCUT2D eigenvalue weighted by atomic mass is 9.96. The number of hydrogen-bond donors (Lipinski definition) is 1. The topological polar surface area (TPSA) is 86.8 Å². The van der Waals surface area contributed by atoms with E-state index in [-0.39, 0.29) is 28.4 Å². The number of nitrogens with two attached hydrogens (primary N) is 1. The van der Waals surface area contributed by atoms with Crippen molar-refractivity contribution in [1.29, 1.82) is 0 Å². The molecule has 160 valence electrons. The van der Waals surface area contributed by atoms with Gasteiger partial charge in [-0.1, -0.05) is 54.4 Å². The molecule has 0 aliphatic heterocycles. The number of rotatable bonds is 7. The second-order valence-corrected chi connectivity index (χ2v) is 8.63. The van der Waals surface area contributed by atoms with Crippen molar-refractivity contribution in [3.8, 4) is 5.88 Å². The summed E-state index contributed by atoms with van der Waals surface area (Å²) in [5, 5.41) is 3.98. The van der Waals surface area contributed by atoms with Gasteiger partial charge in [-0.25, -0.2) is 9.78 Å². The van der Waals surface area contributed by atoms with Gasteiger partial charge in [-0.05, 0) is 56.6 Å². The van der Waals surface area contributed by atoms with Crippen LogP contribution in [0.4, 0.5) is 0 Å². The van der Waals surface area contributed by atoms with Crippen LogP contribution in [0, 0.1) is 11.8 Å². The summed E-state index contributed by atoms with van der Waals surface area (Å²) in [6.45, 7) is 6.04. The molecule has 0 amide bonds. The van der Waals surface area contributed by atoms with E-state index in [2.05, 4.69) is 29.2 Å². The van der Waals surface area contributed by atoms with Crippen molar-refractivity contribution in [2.24, 2.45) is 22.7 Å². The average molecular weight is 430 g/mol. The Kier molecular flexibility index (Phi) is 7.32. The Hall–Kier alpha value is -2.60. The molecule has 0 saturated heterocycles. The Balaban J connectivity index is 1.58. The number of hydrogen-bond acceptors (Lipinski definition) is 5. The first-order valence-corrected chi connectivity index (χ1v) is 10.7. The molecule has 1 heterocycles. The van der Waals surface area contributed by atoms with E-state index in [0.29, 0.717) is 5.56 Å². The van der Waals surface area contributed by atoms with Crippen molar-refractivity contribution in [3.63, 3.8) is 0 Å². The minimum Gasteiger partial charge on any atom is -0.474 e. The van der Waals surface area contributed by atoms with Gasteiger partial charge in [-0.3, -0.25) is 0 Å². The van der Waals surface area contributed by atoms with Crippen molar-refractivity contribution in [2.45, 2.75) is 52.6 Å². The van der Waals surface area contributed by atoms with E-state index in [1.54, 1.807) is 0 Å². The molecule has 0 unspecified atom stereocenters. The maximum absolute atomic E-state index is 12.2. The van der Waals surface area contributed by atoms with Crippen LogP contribution in [0.1, 0.15) is 61.5 Å². The molecule has 2 atom stereocenters. The molecular formula is C23H28ClN3O3. The number of ether oxygens (including phenoxy) is 1. The SMILES string of the molecule is CC(C)Oc1ncc(C(=O)O/N=C(\N)c2ccc(C[C@H]3CC[C@@H](C)C3)cc2)cc1Cl. The van der Waals surface area contributed by atoms with Crippen molar-refractivity contribution in [2.75, 3.05) is 0 Å². The maximum atomic E-state index is 12.2. The average Bonchev–Trinajstić information content (AvgIpc) is 3.12. The van der Waals surface area contributed by atoms with Crippen molar-refractivity contribution >= 4 is 23.4 Å². The van der Waals surface area contributed by atoms with Crippen LogP contribution in [0.15, 0.2) is 41.7 Å². The second kappa shape index (κ2) is 9.94. The zero-order valence-corrected chi connectivity index (χ0v) is 18.4. The monoisotopic (exact) mass is 429 g/mol. The van der Waals surface area contributed by atoms with Gasteiger partial charge in [-0.2, -0.15) is 0 Å². The lowest BCUT2D eigenvalue weighted by molar-refractivity contribution is 0.0515. The standard InChI is InChI=1S/C23H28ClN3O3/c1-14(2)29-22-20(24)12-19(13-26-22)23(28)30-27-21(25)18-8-6-16(7-9-18)11-17-5-4-15(3)10-17/h6-9,12-15,17H,4-5,10-11H2,1-3H3,(H2,25,27)/t15-,17+/m1/s1. The quantitative estimate of drug-likeness (QED) is 0.290. The number of amidine groups is 1. The van der Waals surface area contributed by atoms with Crippen LogP contribution in [0.5, 0.6) is 5.88 Å². The third-order valence-corrected chi connectivity index (χ3v) is 5.47. The number of aromatic nitrogens is 1. The fourth-order valence-corrected chi connectivity index (χ4v) is 3.91. The minimum absolute atomic E-state index is 0.0784. The van der Waals surface area contributed by atoms with Crippen molar-refractivity contribution in [1.82, 2.24) is 4.98 Å². The molecule has 1 aromatic heterocycles. The number of nitrogens with zero attached hydrogens (tertiary/aromatic N) is 2. The van der Waals surface area contributed by atoms with Crippen LogP contribution < -0.4 is 10.5 Å². The van der Waals surface area contributed by atoms with Gasteiger partial charge in [0.05, 0.1) is 11.7 Å². The first-order chi connectivity index (χ1) is 14.3. The summed E-state index contributed by atoms with van der Waals surface area (Å²) < 4.78 is 5.45. The molecule has 3 rings (SSSR count). The Labute approximate surface area is 182 Å². The van der Waals surface area contributed by atoms with Gasteiger partial charge in [0.1, 0.15) is 5.02 Å². The van der Waals surface area contributed by atoms with Crippen LogP contribution in [0.3, 0.4) is 0 Å². The van der Waals surface area contributed by atoms with Crippen LogP contribution in [-0.4, -0.2) is 22.9 Å². The summed E-state index contributed by atoms with van der Waals surface area (Å²) in [5.74, 6) is 1.28. The molecule has 1 saturated carbocycles. The Bertz CT molecular complexity index is 912. The molecule has 0 radical (unpaired) electrons. The van der Waals surface area contributed by atoms with E-state index < -0.39 is 5.97 Å². The highest BCUT2D eigenvalue weighted by Gasteiger charge is 2.21. The smallest absolute Gasteiger partial charge is 0.367 e. The van der Waals surface area contributed by atoms with E-state index in [9.17, 15) is 4.79 Å². The molecule has 0 bridgehead atoms. The highest BCUT2D eigenvalue weighted by molar-refractivity contribution is 6.32. The zero-order valence-electron chi connectivity index (χ0n) is 17.6. The summed E-state index contributed by atoms with van der Waals surface area (Å²) >= 11 is 6.10. The van der Waals surface area contributed by atoms with Crippen molar-refractivity contribution in [3.05, 3.63) is 58.2 Å². The highest BCUT2D eigenvalue weighted by atomic mass is 35.5. The predicted octanol–water partition coefficient (Wildman–Crippen LogP) is 4.98. The van der Waals surface area contributed by atoms with Gasteiger partial charge in [-0.15, -0.1) is 0 Å². The predicted molar refractivity (Wildman–Crippen MR) is 118 cm³/mol. The van der Waals surface area contributed by atoms with Gasteiger partial charge in [0.25, 0.3) is 0 Å². The number of benzene rings is 1. The van der Waals surface area contributed by atoms with Crippen LogP contribution in [0.25, 0.3) is 0 Å². The molecule has 2 N–H and O–H groups in total. The summed E-state index contributed by atoms with van der Waals surface area (Å²) in [6.07, 6.45) is 6.25. The second-order valence-electron chi connectivity index (χ2n) is 8.22. The van der Waals surface area contributed by atoms with Gasteiger partial charge in [0, 0.05) is 11.8 Å². The molecule has 1 aliphatic carbocycles. The maximum Gasteiger partial charge on any atom is 0.367 e. The van der Waals surface area contributed by atoms with Gasteiger partial charge < -0.3 is 15.3 Å². The Morgan fingerprint density at radius 3 is 2.60 bits per heavy atom. The molecule has 30 heavy (non-hydrogen) atoms. The van der Waals surface area contributed by atoms with E-state index >= 15 is 0 Å². The summed E-state index contributed by atoms with van der Waals surface area (Å²) in [7, 11) is 0. The van der Waals surface area contributed by atoms with Crippen molar-refractivity contribution < 1.29 is 14.4 Å². The van der Waals surface area contributed by atoms with E-state index in [4.69, 9.17) is 26.9 Å². The largest absolute Gasteiger partial charge is 0.474 e. The summed E-state index contributed by atoms with van der Waals surface area (Å²) in [6, 6.07) is 9.34. The van der Waals surface area contributed by atoms with Crippen LogP contribution in [-0.2, 0) is 11.3 Å². The number of carbonyl (C=O) groups excluding carboxylic acids is 1. The molecule has 2 aromatic rings. The normalized spacial score (nSPS) is 19.2. The van der Waals surface area contributed by atoms with Crippen LogP contribution >= 0.6 is 11.6 Å².